The van der Waals surface area contributed by atoms with E-state index in [2.05, 4.69) is 15.3 Å². The molecule has 2 atom stereocenters. The number of thiocarbonyl (C=S) groups is 1. The monoisotopic (exact) mass is 252 g/mol. The molecule has 0 radical (unpaired) electrons. The largest absolute Gasteiger partial charge is 0.388 e. The van der Waals surface area contributed by atoms with Crippen molar-refractivity contribution in [3.63, 3.8) is 0 Å². The summed E-state index contributed by atoms with van der Waals surface area (Å²) >= 11 is 4.82. The number of nitrogens with one attached hydrogen (secondary N) is 1. The van der Waals surface area contributed by atoms with Gasteiger partial charge in [0.25, 0.3) is 0 Å². The predicted octanol–water partition coefficient (Wildman–Crippen LogP) is 1.09. The Morgan fingerprint density at radius 3 is 2.88 bits per heavy atom. The van der Waals surface area contributed by atoms with Crippen LogP contribution in [0, 0.1) is 0 Å². The van der Waals surface area contributed by atoms with Crippen molar-refractivity contribution in [2.45, 2.75) is 31.4 Å². The molecule has 0 amide bonds. The van der Waals surface area contributed by atoms with Gasteiger partial charge in [0.2, 0.25) is 0 Å². The van der Waals surface area contributed by atoms with Gasteiger partial charge in [-0.1, -0.05) is 12.2 Å². The molecule has 17 heavy (non-hydrogen) atoms. The minimum Gasteiger partial charge on any atom is -0.388 e. The summed E-state index contributed by atoms with van der Waals surface area (Å²) in [7, 11) is 1.74. The normalized spacial score (nSPS) is 23.6. The number of aromatic nitrogens is 2. The molecule has 1 fully saturated rings. The molecule has 1 aliphatic carbocycles. The fourth-order valence-electron chi connectivity index (χ4n) is 2.09. The minimum absolute atomic E-state index is 0.257. The molecule has 1 heterocycles. The Bertz CT molecular complexity index is 395. The summed E-state index contributed by atoms with van der Waals surface area (Å²) in [5, 5.41) is 3.33. The first-order valence-corrected chi connectivity index (χ1v) is 6.02. The molecule has 0 saturated heterocycles. The zero-order valence-corrected chi connectivity index (χ0v) is 10.5. The Hall–Kier alpha value is -1.27. The van der Waals surface area contributed by atoms with Crippen LogP contribution < -0.4 is 11.1 Å². The van der Waals surface area contributed by atoms with Gasteiger partial charge in [0.1, 0.15) is 16.5 Å². The number of nitrogens with two attached hydrogens (primary N) is 1. The van der Waals surface area contributed by atoms with Crippen molar-refractivity contribution in [3.05, 3.63) is 18.1 Å². The first-order valence-electron chi connectivity index (χ1n) is 5.62. The molecular formula is C11H16N4OS. The second kappa shape index (κ2) is 5.37. The first-order chi connectivity index (χ1) is 8.20. The molecule has 0 aliphatic heterocycles. The zero-order chi connectivity index (χ0) is 12.3. The summed E-state index contributed by atoms with van der Waals surface area (Å²) in [4.78, 5) is 8.64. The zero-order valence-electron chi connectivity index (χ0n) is 9.72. The minimum atomic E-state index is 0.257. The van der Waals surface area contributed by atoms with Crippen LogP contribution >= 0.6 is 12.2 Å². The fourth-order valence-corrected chi connectivity index (χ4v) is 2.20. The van der Waals surface area contributed by atoms with Gasteiger partial charge in [0.05, 0.1) is 24.5 Å². The molecular weight excluding hydrogens is 236 g/mol. The maximum atomic E-state index is 5.46. The van der Waals surface area contributed by atoms with E-state index in [1.807, 2.05) is 0 Å². The Labute approximate surface area is 106 Å². The van der Waals surface area contributed by atoms with Crippen molar-refractivity contribution < 1.29 is 4.74 Å². The van der Waals surface area contributed by atoms with E-state index in [1.165, 1.54) is 6.42 Å². The van der Waals surface area contributed by atoms with Crippen LogP contribution in [0.4, 0.5) is 5.82 Å². The third-order valence-electron chi connectivity index (χ3n) is 2.99. The van der Waals surface area contributed by atoms with E-state index in [0.29, 0.717) is 11.7 Å². The third kappa shape index (κ3) is 2.89. The summed E-state index contributed by atoms with van der Waals surface area (Å²) in [5.41, 5.74) is 6.00. The standard InChI is InChI=1S/C11H16N4OS/c1-16-9-4-2-3-7(9)15-10-6-13-8(5-14-10)11(12)17/h5-7,9H,2-4H2,1H3,(H2,12,17)(H,14,15). The van der Waals surface area contributed by atoms with Crippen LogP contribution in [0.3, 0.4) is 0 Å². The number of rotatable bonds is 4. The van der Waals surface area contributed by atoms with Gasteiger partial charge in [-0.25, -0.2) is 9.97 Å². The molecule has 3 N–H and O–H groups in total. The molecule has 1 aromatic rings. The summed E-state index contributed by atoms with van der Waals surface area (Å²) < 4.78 is 5.41. The first kappa shape index (κ1) is 12.2. The van der Waals surface area contributed by atoms with Crippen LogP contribution in [0.25, 0.3) is 0 Å². The van der Waals surface area contributed by atoms with Gasteiger partial charge >= 0.3 is 0 Å². The lowest BCUT2D eigenvalue weighted by atomic mass is 10.2. The SMILES string of the molecule is COC1CCCC1Nc1cnc(C(N)=S)cn1. The molecule has 0 aromatic carbocycles. The second-order valence-corrected chi connectivity index (χ2v) is 4.55. The molecule has 5 nitrogen and oxygen atoms in total. The van der Waals surface area contributed by atoms with Crippen LogP contribution in [0.5, 0.6) is 0 Å². The third-order valence-corrected chi connectivity index (χ3v) is 3.20. The van der Waals surface area contributed by atoms with E-state index in [0.717, 1.165) is 18.7 Å². The molecule has 1 aliphatic rings. The summed E-state index contributed by atoms with van der Waals surface area (Å²) in [5.74, 6) is 0.735. The highest BCUT2D eigenvalue weighted by Gasteiger charge is 2.27. The van der Waals surface area contributed by atoms with Crippen LogP contribution in [-0.2, 0) is 4.74 Å². The smallest absolute Gasteiger partial charge is 0.144 e. The highest BCUT2D eigenvalue weighted by molar-refractivity contribution is 7.80. The number of hydrogen-bond acceptors (Lipinski definition) is 5. The van der Waals surface area contributed by atoms with Crippen molar-refractivity contribution in [1.29, 1.82) is 0 Å². The Morgan fingerprint density at radius 2 is 2.29 bits per heavy atom. The van der Waals surface area contributed by atoms with Crippen molar-refractivity contribution in [2.75, 3.05) is 12.4 Å². The molecule has 6 heteroatoms. The van der Waals surface area contributed by atoms with Crippen LogP contribution in [0.1, 0.15) is 25.0 Å². The lowest BCUT2D eigenvalue weighted by Crippen LogP contribution is -2.30. The highest BCUT2D eigenvalue weighted by atomic mass is 32.1. The van der Waals surface area contributed by atoms with Crippen molar-refractivity contribution in [2.24, 2.45) is 5.73 Å². The quantitative estimate of drug-likeness (QED) is 0.782. The number of ether oxygens (including phenoxy) is 1. The Morgan fingerprint density at radius 1 is 1.47 bits per heavy atom. The van der Waals surface area contributed by atoms with Gasteiger partial charge in [-0.05, 0) is 19.3 Å². The Kier molecular flexibility index (Phi) is 3.86. The van der Waals surface area contributed by atoms with Gasteiger partial charge in [0, 0.05) is 7.11 Å². The average Bonchev–Trinajstić information content (AvgIpc) is 2.77. The molecule has 0 spiro atoms. The number of hydrogen-bond donors (Lipinski definition) is 2. The number of nitrogens with zero attached hydrogens (tertiary/aromatic N) is 2. The summed E-state index contributed by atoms with van der Waals surface area (Å²) in [6, 6.07) is 0.310. The van der Waals surface area contributed by atoms with Gasteiger partial charge in [0.15, 0.2) is 0 Å². The second-order valence-electron chi connectivity index (χ2n) is 4.11. The average molecular weight is 252 g/mol. The highest BCUT2D eigenvalue weighted by Crippen LogP contribution is 2.24. The van der Waals surface area contributed by atoms with E-state index >= 15 is 0 Å². The van der Waals surface area contributed by atoms with Gasteiger partial charge in [-0.15, -0.1) is 0 Å². The molecule has 1 saturated carbocycles. The van der Waals surface area contributed by atoms with Crippen LogP contribution in [0.15, 0.2) is 12.4 Å². The number of methoxy groups -OCH3 is 1. The molecule has 92 valence electrons. The van der Waals surface area contributed by atoms with E-state index in [4.69, 9.17) is 22.7 Å². The van der Waals surface area contributed by atoms with Gasteiger partial charge in [-0.2, -0.15) is 0 Å². The van der Waals surface area contributed by atoms with E-state index in [1.54, 1.807) is 19.5 Å². The maximum Gasteiger partial charge on any atom is 0.144 e. The van der Waals surface area contributed by atoms with Crippen molar-refractivity contribution in [1.82, 2.24) is 9.97 Å². The van der Waals surface area contributed by atoms with Crippen LogP contribution in [-0.4, -0.2) is 34.2 Å². The Balaban J connectivity index is 2.01. The molecule has 2 unspecified atom stereocenters. The van der Waals surface area contributed by atoms with Gasteiger partial charge in [-0.3, -0.25) is 0 Å². The maximum absolute atomic E-state index is 5.46. The fraction of sp³-hybridized carbons (Fsp3) is 0.545. The van der Waals surface area contributed by atoms with E-state index in [-0.39, 0.29) is 11.1 Å². The molecule has 2 rings (SSSR count). The summed E-state index contributed by atoms with van der Waals surface area (Å²) in [6.45, 7) is 0. The predicted molar refractivity (Wildman–Crippen MR) is 70.0 cm³/mol. The van der Waals surface area contributed by atoms with E-state index in [9.17, 15) is 0 Å². The molecule has 0 bridgehead atoms. The van der Waals surface area contributed by atoms with Crippen molar-refractivity contribution in [3.8, 4) is 0 Å². The lowest BCUT2D eigenvalue weighted by molar-refractivity contribution is 0.101. The summed E-state index contributed by atoms with van der Waals surface area (Å²) in [6.07, 6.45) is 6.85. The van der Waals surface area contributed by atoms with Crippen LogP contribution in [0.2, 0.25) is 0 Å². The number of anilines is 1. The lowest BCUT2D eigenvalue weighted by Gasteiger charge is -2.19. The van der Waals surface area contributed by atoms with E-state index < -0.39 is 0 Å². The topological polar surface area (TPSA) is 73.1 Å². The van der Waals surface area contributed by atoms with Gasteiger partial charge < -0.3 is 15.8 Å². The molecule has 1 aromatic heterocycles. The van der Waals surface area contributed by atoms with Crippen molar-refractivity contribution >= 4 is 23.0 Å².